The molecule has 5 N–H and O–H groups in total. The highest BCUT2D eigenvalue weighted by molar-refractivity contribution is 5.84. The van der Waals surface area contributed by atoms with Crippen LogP contribution in [-0.2, 0) is 4.74 Å². The zero-order chi connectivity index (χ0) is 15.2. The minimum atomic E-state index is -1.24. The molecule has 0 aromatic carbocycles. The van der Waals surface area contributed by atoms with Crippen molar-refractivity contribution < 1.29 is 14.9 Å². The van der Waals surface area contributed by atoms with Gasteiger partial charge in [-0.2, -0.15) is 9.97 Å². The maximum Gasteiger partial charge on any atom is 0.244 e. The Kier molecular flexibility index (Phi) is 5.26. The van der Waals surface area contributed by atoms with Crippen molar-refractivity contribution in [3.8, 4) is 0 Å². The molecule has 0 bridgehead atoms. The van der Waals surface area contributed by atoms with E-state index in [1.807, 2.05) is 6.92 Å². The van der Waals surface area contributed by atoms with Crippen molar-refractivity contribution in [3.05, 3.63) is 6.33 Å². The van der Waals surface area contributed by atoms with Crippen LogP contribution >= 0.6 is 0 Å². The van der Waals surface area contributed by atoms with Crippen molar-refractivity contribution in [1.82, 2.24) is 19.5 Å². The fourth-order valence-corrected chi connectivity index (χ4v) is 1.80. The normalized spacial score (nSPS) is 12.7. The second kappa shape index (κ2) is 7.16. The number of nitrogens with zero attached hydrogens (tertiary/aromatic N) is 4. The molecule has 2 rings (SSSR count). The second-order valence-electron chi connectivity index (χ2n) is 4.46. The Morgan fingerprint density at radius 2 is 2.29 bits per heavy atom. The number of imidazole rings is 1. The van der Waals surface area contributed by atoms with E-state index < -0.39 is 6.41 Å². The van der Waals surface area contributed by atoms with Crippen molar-refractivity contribution in [3.63, 3.8) is 0 Å². The lowest BCUT2D eigenvalue weighted by molar-refractivity contribution is -0.152. The molecule has 0 amide bonds. The quantitative estimate of drug-likeness (QED) is 0.398. The maximum absolute atomic E-state index is 9.99. The summed E-state index contributed by atoms with van der Waals surface area (Å²) in [5.74, 6) is 0.617. The predicted molar refractivity (Wildman–Crippen MR) is 77.4 cm³/mol. The number of hydrogen-bond donors (Lipinski definition) is 4. The molecular weight excluding hydrogens is 276 g/mol. The molecule has 0 fully saturated rings. The number of aliphatic hydroxyl groups excluding tert-OH is 2. The van der Waals surface area contributed by atoms with E-state index in [4.69, 9.17) is 15.6 Å². The van der Waals surface area contributed by atoms with Gasteiger partial charge < -0.3 is 26.0 Å². The Hall–Kier alpha value is -1.97. The summed E-state index contributed by atoms with van der Waals surface area (Å²) in [5, 5.41) is 21.8. The largest absolute Gasteiger partial charge is 0.396 e. The molecule has 2 heterocycles. The molecule has 0 aliphatic heterocycles. The van der Waals surface area contributed by atoms with Crippen LogP contribution < -0.4 is 11.1 Å². The van der Waals surface area contributed by atoms with Gasteiger partial charge in [0, 0.05) is 13.2 Å². The van der Waals surface area contributed by atoms with Crippen LogP contribution in [0.15, 0.2) is 6.33 Å². The van der Waals surface area contributed by atoms with Crippen molar-refractivity contribution in [2.75, 3.05) is 30.8 Å². The molecule has 0 saturated heterocycles. The van der Waals surface area contributed by atoms with Crippen molar-refractivity contribution in [2.45, 2.75) is 26.2 Å². The molecule has 0 aliphatic rings. The van der Waals surface area contributed by atoms with Gasteiger partial charge in [-0.25, -0.2) is 4.98 Å². The number of hydrogen-bond acceptors (Lipinski definition) is 8. The number of ether oxygens (including phenoxy) is 1. The van der Waals surface area contributed by atoms with Crippen LogP contribution in [0.5, 0.6) is 0 Å². The van der Waals surface area contributed by atoms with Gasteiger partial charge in [-0.15, -0.1) is 0 Å². The van der Waals surface area contributed by atoms with Gasteiger partial charge in [-0.3, -0.25) is 4.57 Å². The molecule has 21 heavy (non-hydrogen) atoms. The first-order chi connectivity index (χ1) is 10.2. The number of rotatable bonds is 8. The van der Waals surface area contributed by atoms with E-state index in [1.54, 1.807) is 0 Å². The first-order valence-electron chi connectivity index (χ1n) is 6.81. The number of fused-ring (bicyclic) bond motifs is 1. The minimum absolute atomic E-state index is 0.00238. The van der Waals surface area contributed by atoms with E-state index in [2.05, 4.69) is 20.3 Å². The Bertz CT molecular complexity index is 588. The van der Waals surface area contributed by atoms with Gasteiger partial charge >= 0.3 is 0 Å². The lowest BCUT2D eigenvalue weighted by Gasteiger charge is -2.13. The molecule has 9 nitrogen and oxygen atoms in total. The third-order valence-electron chi connectivity index (χ3n) is 2.79. The van der Waals surface area contributed by atoms with E-state index in [-0.39, 0.29) is 19.2 Å². The molecule has 1 unspecified atom stereocenters. The standard InChI is InChI=1S/C12H20N6O3/c1-2-4-14-9-8-10(17-11(13)16-9)18(7-15-8)12(20)21-6-3-5-19/h7,12,19-20H,2-6H2,1H3,(H3,13,14,16,17). The first kappa shape index (κ1) is 15.4. The van der Waals surface area contributed by atoms with Crippen LogP contribution in [-0.4, -0.2) is 49.5 Å². The summed E-state index contributed by atoms with van der Waals surface area (Å²) >= 11 is 0. The molecule has 0 saturated carbocycles. The van der Waals surface area contributed by atoms with E-state index in [1.165, 1.54) is 10.9 Å². The third-order valence-corrected chi connectivity index (χ3v) is 2.79. The second-order valence-corrected chi connectivity index (χ2v) is 4.46. The zero-order valence-electron chi connectivity index (χ0n) is 11.9. The fourth-order valence-electron chi connectivity index (χ4n) is 1.80. The number of aromatic nitrogens is 4. The molecular formula is C12H20N6O3. The molecule has 9 heteroatoms. The summed E-state index contributed by atoms with van der Waals surface area (Å²) in [6.45, 7) is 2.98. The number of anilines is 2. The van der Waals surface area contributed by atoms with Crippen LogP contribution in [0.3, 0.4) is 0 Å². The maximum atomic E-state index is 9.99. The highest BCUT2D eigenvalue weighted by atomic mass is 16.6. The minimum Gasteiger partial charge on any atom is -0.396 e. The Balaban J connectivity index is 2.27. The molecule has 0 radical (unpaired) electrons. The number of nitrogens with two attached hydrogens (primary N) is 1. The SMILES string of the molecule is CCCNc1nc(N)nc2c1ncn2C(O)OCCCO. The molecule has 0 spiro atoms. The van der Waals surface area contributed by atoms with E-state index >= 15 is 0 Å². The number of aliphatic hydroxyl groups is 2. The molecule has 1 atom stereocenters. The van der Waals surface area contributed by atoms with Crippen molar-refractivity contribution in [1.29, 1.82) is 0 Å². The lowest BCUT2D eigenvalue weighted by Crippen LogP contribution is -2.14. The van der Waals surface area contributed by atoms with Crippen LogP contribution in [0.4, 0.5) is 11.8 Å². The van der Waals surface area contributed by atoms with E-state index in [0.717, 1.165) is 13.0 Å². The van der Waals surface area contributed by atoms with E-state index in [9.17, 15) is 5.11 Å². The van der Waals surface area contributed by atoms with Crippen molar-refractivity contribution in [2.24, 2.45) is 0 Å². The topological polar surface area (TPSA) is 131 Å². The van der Waals surface area contributed by atoms with Gasteiger partial charge in [0.15, 0.2) is 17.0 Å². The summed E-state index contributed by atoms with van der Waals surface area (Å²) < 4.78 is 6.56. The molecule has 0 aliphatic carbocycles. The average molecular weight is 296 g/mol. The summed E-state index contributed by atoms with van der Waals surface area (Å²) in [4.78, 5) is 12.4. The predicted octanol–water partition coefficient (Wildman–Crippen LogP) is 0.0778. The Labute approximate surface area is 121 Å². The summed E-state index contributed by atoms with van der Waals surface area (Å²) in [5.41, 5.74) is 6.59. The van der Waals surface area contributed by atoms with Gasteiger partial charge in [0.05, 0.1) is 6.61 Å². The van der Waals surface area contributed by atoms with Gasteiger partial charge in [0.1, 0.15) is 6.33 Å². The fraction of sp³-hybridized carbons (Fsp3) is 0.583. The van der Waals surface area contributed by atoms with Crippen LogP contribution in [0.25, 0.3) is 11.2 Å². The van der Waals surface area contributed by atoms with Gasteiger partial charge in [-0.1, -0.05) is 6.92 Å². The highest BCUT2D eigenvalue weighted by Gasteiger charge is 2.16. The molecule has 2 aromatic rings. The van der Waals surface area contributed by atoms with Crippen molar-refractivity contribution >= 4 is 22.9 Å². The number of nitrogen functional groups attached to an aromatic ring is 1. The average Bonchev–Trinajstić information content (AvgIpc) is 2.88. The lowest BCUT2D eigenvalue weighted by atomic mass is 10.4. The first-order valence-corrected chi connectivity index (χ1v) is 6.81. The summed E-state index contributed by atoms with van der Waals surface area (Å²) in [6.07, 6.45) is 1.54. The third kappa shape index (κ3) is 3.57. The number of nitrogens with one attached hydrogen (secondary N) is 1. The van der Waals surface area contributed by atoms with Gasteiger partial charge in [0.2, 0.25) is 12.4 Å². The van der Waals surface area contributed by atoms with Crippen LogP contribution in [0, 0.1) is 0 Å². The van der Waals surface area contributed by atoms with Crippen LogP contribution in [0.1, 0.15) is 26.2 Å². The smallest absolute Gasteiger partial charge is 0.244 e. The summed E-state index contributed by atoms with van der Waals surface area (Å²) in [6, 6.07) is 0. The van der Waals surface area contributed by atoms with E-state index in [0.29, 0.717) is 23.4 Å². The van der Waals surface area contributed by atoms with Crippen LogP contribution in [0.2, 0.25) is 0 Å². The molecule has 2 aromatic heterocycles. The Morgan fingerprint density at radius 3 is 3.00 bits per heavy atom. The van der Waals surface area contributed by atoms with Gasteiger partial charge in [-0.05, 0) is 12.8 Å². The Morgan fingerprint density at radius 1 is 1.48 bits per heavy atom. The summed E-state index contributed by atoms with van der Waals surface area (Å²) in [7, 11) is 0. The van der Waals surface area contributed by atoms with Gasteiger partial charge in [0.25, 0.3) is 0 Å². The molecule has 116 valence electrons. The monoisotopic (exact) mass is 296 g/mol. The zero-order valence-corrected chi connectivity index (χ0v) is 11.9. The highest BCUT2D eigenvalue weighted by Crippen LogP contribution is 2.22.